The number of allylic oxidation sites excluding steroid dienone is 1. The summed E-state index contributed by atoms with van der Waals surface area (Å²) in [5.41, 5.74) is 0.359. The highest BCUT2D eigenvalue weighted by molar-refractivity contribution is 9.12. The molecule has 0 radical (unpaired) electrons. The number of halogens is 1. The zero-order valence-electron chi connectivity index (χ0n) is 6.30. The van der Waals surface area contributed by atoms with Crippen molar-refractivity contribution in [2.75, 3.05) is 6.54 Å². The number of carbonyl (C=O) groups excluding carboxylic acids is 1. The second kappa shape index (κ2) is 3.18. The second-order valence-electron chi connectivity index (χ2n) is 2.39. The van der Waals surface area contributed by atoms with Crippen LogP contribution in [0.25, 0.3) is 0 Å². The first-order valence-corrected chi connectivity index (χ1v) is 4.01. The van der Waals surface area contributed by atoms with Crippen molar-refractivity contribution >= 4 is 33.4 Å². The van der Waals surface area contributed by atoms with Gasteiger partial charge in [-0.3, -0.25) is 9.79 Å². The molecule has 4 nitrogen and oxygen atoms in total. The van der Waals surface area contributed by atoms with Crippen molar-refractivity contribution in [3.8, 4) is 0 Å². The minimum absolute atomic E-state index is 0.272. The highest BCUT2D eigenvalue weighted by atomic mass is 79.9. The van der Waals surface area contributed by atoms with Crippen LogP contribution in [0.2, 0.25) is 0 Å². The molecular weight excluding hydrogens is 226 g/mol. The summed E-state index contributed by atoms with van der Waals surface area (Å²) < 4.78 is 0.315. The molecule has 1 aliphatic rings. The van der Waals surface area contributed by atoms with E-state index in [0.717, 1.165) is 5.57 Å². The first-order chi connectivity index (χ1) is 5.54. The fourth-order valence-corrected chi connectivity index (χ4v) is 1.11. The lowest BCUT2D eigenvalue weighted by molar-refractivity contribution is -0.130. The van der Waals surface area contributed by atoms with Gasteiger partial charge >= 0.3 is 5.97 Å². The van der Waals surface area contributed by atoms with E-state index in [2.05, 4.69) is 20.9 Å². The molecule has 0 bridgehead atoms. The number of dihydropyridines is 1. The molecule has 1 heterocycles. The Morgan fingerprint density at radius 2 is 2.25 bits per heavy atom. The largest absolute Gasteiger partial charge is 0.476 e. The van der Waals surface area contributed by atoms with Gasteiger partial charge in [0.2, 0.25) is 5.78 Å². The normalized spacial score (nSPS) is 17.8. The number of rotatable bonds is 1. The minimum atomic E-state index is -1.27. The number of aliphatic imine (C=N–C) groups is 1. The Morgan fingerprint density at radius 3 is 2.75 bits per heavy atom. The molecule has 0 aromatic rings. The van der Waals surface area contributed by atoms with Gasteiger partial charge in [-0.05, 0) is 28.4 Å². The predicted octanol–water partition coefficient (Wildman–Crippen LogP) is 0.764. The number of Topliss-reactive ketones (excluding diaryl/α,β-unsaturated/α-hetero) is 1. The number of aliphatic carboxylic acids is 1. The van der Waals surface area contributed by atoms with E-state index in [4.69, 9.17) is 5.11 Å². The summed E-state index contributed by atoms with van der Waals surface area (Å²) in [6, 6.07) is 0. The smallest absolute Gasteiger partial charge is 0.358 e. The number of hydrogen-bond donors (Lipinski definition) is 1. The minimum Gasteiger partial charge on any atom is -0.476 e. The van der Waals surface area contributed by atoms with Gasteiger partial charge in [0, 0.05) is 0 Å². The molecule has 0 amide bonds. The molecule has 0 atom stereocenters. The van der Waals surface area contributed by atoms with Crippen molar-refractivity contribution in [3.63, 3.8) is 0 Å². The third-order valence-corrected chi connectivity index (χ3v) is 2.50. The van der Waals surface area contributed by atoms with E-state index in [1.54, 1.807) is 6.92 Å². The van der Waals surface area contributed by atoms with Gasteiger partial charge < -0.3 is 5.11 Å². The molecule has 0 aliphatic carbocycles. The lowest BCUT2D eigenvalue weighted by Gasteiger charge is -2.09. The van der Waals surface area contributed by atoms with Crippen LogP contribution in [0.5, 0.6) is 0 Å². The Hall–Kier alpha value is -0.970. The number of ketones is 1. The second-order valence-corrected chi connectivity index (χ2v) is 3.19. The molecule has 5 heteroatoms. The molecule has 1 rings (SSSR count). The molecule has 1 N–H and O–H groups in total. The third-order valence-electron chi connectivity index (χ3n) is 1.47. The number of carboxylic acids is 1. The molecule has 0 saturated carbocycles. The highest BCUT2D eigenvalue weighted by Crippen LogP contribution is 2.18. The van der Waals surface area contributed by atoms with Crippen LogP contribution in [0.1, 0.15) is 6.92 Å². The van der Waals surface area contributed by atoms with Crippen molar-refractivity contribution in [1.29, 1.82) is 0 Å². The Labute approximate surface area is 77.1 Å². The van der Waals surface area contributed by atoms with Gasteiger partial charge in [0.15, 0.2) is 5.71 Å². The molecule has 1 aliphatic heterocycles. The van der Waals surface area contributed by atoms with E-state index in [1.807, 2.05) is 0 Å². The van der Waals surface area contributed by atoms with Crippen LogP contribution >= 0.6 is 15.9 Å². The zero-order valence-corrected chi connectivity index (χ0v) is 7.88. The van der Waals surface area contributed by atoms with Gasteiger partial charge in [-0.15, -0.1) is 0 Å². The van der Waals surface area contributed by atoms with Crippen LogP contribution in [-0.4, -0.2) is 29.1 Å². The van der Waals surface area contributed by atoms with Gasteiger partial charge in [0.1, 0.15) is 0 Å². The summed E-state index contributed by atoms with van der Waals surface area (Å²) in [7, 11) is 0. The zero-order chi connectivity index (χ0) is 9.30. The Bertz CT molecular complexity index is 317. The van der Waals surface area contributed by atoms with E-state index >= 15 is 0 Å². The van der Waals surface area contributed by atoms with Crippen molar-refractivity contribution < 1.29 is 14.7 Å². The van der Waals surface area contributed by atoms with Crippen molar-refractivity contribution in [2.45, 2.75) is 6.92 Å². The fourth-order valence-electron chi connectivity index (χ4n) is 0.801. The van der Waals surface area contributed by atoms with Gasteiger partial charge in [0.05, 0.1) is 11.0 Å². The molecular formula is C7H6BrNO3. The molecule has 64 valence electrons. The lowest BCUT2D eigenvalue weighted by Crippen LogP contribution is -2.27. The molecule has 0 spiro atoms. The Kier molecular flexibility index (Phi) is 2.42. The molecule has 0 fully saturated rings. The van der Waals surface area contributed by atoms with E-state index in [9.17, 15) is 9.59 Å². The van der Waals surface area contributed by atoms with E-state index in [0.29, 0.717) is 4.48 Å². The quantitative estimate of drug-likeness (QED) is 0.725. The van der Waals surface area contributed by atoms with Crippen LogP contribution in [0.3, 0.4) is 0 Å². The van der Waals surface area contributed by atoms with E-state index in [-0.39, 0.29) is 6.54 Å². The maximum atomic E-state index is 11.2. The lowest BCUT2D eigenvalue weighted by atomic mass is 10.1. The maximum absolute atomic E-state index is 11.2. The number of carbonyl (C=O) groups is 2. The number of carboxylic acid groups (broad SMARTS) is 1. The van der Waals surface area contributed by atoms with Crippen molar-refractivity contribution in [1.82, 2.24) is 0 Å². The van der Waals surface area contributed by atoms with Crippen LogP contribution < -0.4 is 0 Å². The van der Waals surface area contributed by atoms with Gasteiger partial charge in [-0.25, -0.2) is 4.79 Å². The van der Waals surface area contributed by atoms with Crippen LogP contribution in [-0.2, 0) is 9.59 Å². The fraction of sp³-hybridized carbons (Fsp3) is 0.286. The van der Waals surface area contributed by atoms with E-state index in [1.165, 1.54) is 0 Å². The van der Waals surface area contributed by atoms with Gasteiger partial charge in [-0.2, -0.15) is 0 Å². The van der Waals surface area contributed by atoms with Gasteiger partial charge in [0.25, 0.3) is 0 Å². The standard InChI is InChI=1S/C7H6BrNO3/c1-3-2-9-5(7(11)12)6(10)4(3)8/h2H2,1H3,(H,11,12). The topological polar surface area (TPSA) is 66.7 Å². The molecule has 0 aromatic heterocycles. The third kappa shape index (κ3) is 1.45. The first-order valence-electron chi connectivity index (χ1n) is 3.21. The SMILES string of the molecule is CC1=C(Br)C(=O)C(C(=O)O)=NC1. The Balaban J connectivity index is 3.02. The first kappa shape index (κ1) is 9.12. The number of nitrogens with zero attached hydrogens (tertiary/aromatic N) is 1. The summed E-state index contributed by atoms with van der Waals surface area (Å²) in [5.74, 6) is -1.82. The van der Waals surface area contributed by atoms with Gasteiger partial charge in [-0.1, -0.05) is 0 Å². The summed E-state index contributed by atoms with van der Waals surface area (Å²) >= 11 is 3.01. The molecule has 0 aromatic carbocycles. The number of hydrogen-bond acceptors (Lipinski definition) is 3. The van der Waals surface area contributed by atoms with Crippen LogP contribution in [0.15, 0.2) is 15.0 Å². The molecule has 0 saturated heterocycles. The average molecular weight is 232 g/mol. The monoisotopic (exact) mass is 231 g/mol. The Morgan fingerprint density at radius 1 is 1.67 bits per heavy atom. The highest BCUT2D eigenvalue weighted by Gasteiger charge is 2.26. The summed E-state index contributed by atoms with van der Waals surface area (Å²) in [6.45, 7) is 2.00. The summed E-state index contributed by atoms with van der Waals surface area (Å²) in [4.78, 5) is 25.2. The van der Waals surface area contributed by atoms with E-state index < -0.39 is 17.5 Å². The maximum Gasteiger partial charge on any atom is 0.358 e. The summed E-state index contributed by atoms with van der Waals surface area (Å²) in [6.07, 6.45) is 0. The van der Waals surface area contributed by atoms with Crippen LogP contribution in [0, 0.1) is 0 Å². The molecule has 12 heavy (non-hydrogen) atoms. The average Bonchev–Trinajstić information content (AvgIpc) is 2.00. The summed E-state index contributed by atoms with van der Waals surface area (Å²) in [5, 5.41) is 8.52. The van der Waals surface area contributed by atoms with Crippen molar-refractivity contribution in [3.05, 3.63) is 10.1 Å². The van der Waals surface area contributed by atoms with Crippen LogP contribution in [0.4, 0.5) is 0 Å². The van der Waals surface area contributed by atoms with Crippen molar-refractivity contribution in [2.24, 2.45) is 4.99 Å². The predicted molar refractivity (Wildman–Crippen MR) is 46.6 cm³/mol. The molecule has 0 unspecified atom stereocenters.